The van der Waals surface area contributed by atoms with Gasteiger partial charge in [0.1, 0.15) is 0 Å². The van der Waals surface area contributed by atoms with Gasteiger partial charge in [-0.15, -0.1) is 0 Å². The van der Waals surface area contributed by atoms with E-state index in [2.05, 4.69) is 11.3 Å². The Labute approximate surface area is 94.2 Å². The predicted molar refractivity (Wildman–Crippen MR) is 60.1 cm³/mol. The van der Waals surface area contributed by atoms with Crippen LogP contribution in [0.5, 0.6) is 0 Å². The molecule has 0 radical (unpaired) electrons. The summed E-state index contributed by atoms with van der Waals surface area (Å²) in [6.45, 7) is 6.35. The molecule has 0 aliphatic carbocycles. The topological polar surface area (TPSA) is 63.6 Å². The van der Waals surface area contributed by atoms with Gasteiger partial charge in [-0.3, -0.25) is 4.79 Å². The summed E-state index contributed by atoms with van der Waals surface area (Å²) in [6.07, 6.45) is 1.10. The molecule has 16 heavy (non-hydrogen) atoms. The monoisotopic (exact) mass is 222 g/mol. The molecule has 0 unspecified atom stereocenters. The van der Waals surface area contributed by atoms with Gasteiger partial charge in [-0.1, -0.05) is 24.3 Å². The van der Waals surface area contributed by atoms with Gasteiger partial charge >= 0.3 is 11.9 Å². The number of aryl methyl sites for hydroxylation is 1. The Hall–Kier alpha value is -2.10. The van der Waals surface area contributed by atoms with Crippen molar-refractivity contribution in [2.75, 3.05) is 0 Å². The number of benzene rings is 1. The molecule has 0 saturated carbocycles. The first-order valence-corrected chi connectivity index (χ1v) is 4.55. The first-order chi connectivity index (χ1) is 7.47. The summed E-state index contributed by atoms with van der Waals surface area (Å²) < 4.78 is 4.17. The quantitative estimate of drug-likeness (QED) is 0.616. The second-order valence-corrected chi connectivity index (χ2v) is 2.95. The Morgan fingerprint density at radius 3 is 2.31 bits per heavy atom. The number of esters is 1. The molecule has 0 aliphatic rings. The lowest BCUT2D eigenvalue weighted by Crippen LogP contribution is -1.95. The molecule has 1 aromatic carbocycles. The van der Waals surface area contributed by atoms with Crippen molar-refractivity contribution < 1.29 is 19.4 Å². The van der Waals surface area contributed by atoms with Gasteiger partial charge < -0.3 is 9.84 Å². The highest BCUT2D eigenvalue weighted by molar-refractivity contribution is 5.87. The summed E-state index contributed by atoms with van der Waals surface area (Å²) >= 11 is 0. The third-order valence-electron chi connectivity index (χ3n) is 1.51. The van der Waals surface area contributed by atoms with E-state index in [1.54, 1.807) is 18.2 Å². The van der Waals surface area contributed by atoms with E-state index in [4.69, 9.17) is 5.11 Å². The average molecular weight is 222 g/mol. The van der Waals surface area contributed by atoms with Gasteiger partial charge in [0.15, 0.2) is 0 Å². The van der Waals surface area contributed by atoms with Crippen LogP contribution < -0.4 is 0 Å². The molecule has 0 atom stereocenters. The van der Waals surface area contributed by atoms with Gasteiger partial charge in [0.2, 0.25) is 0 Å². The smallest absolute Gasteiger partial charge is 0.335 e. The molecule has 4 nitrogen and oxygen atoms in total. The van der Waals surface area contributed by atoms with Crippen molar-refractivity contribution >= 4 is 11.9 Å². The average Bonchev–Trinajstić information content (AvgIpc) is 2.18. The SMILES string of the molecule is C=COC(C)=O.Cc1cccc(C(=O)O)c1. The van der Waals surface area contributed by atoms with Crippen molar-refractivity contribution in [1.82, 2.24) is 0 Å². The molecule has 0 bridgehead atoms. The Bertz CT molecular complexity index is 382. The Morgan fingerprint density at radius 1 is 1.44 bits per heavy atom. The normalized spacial score (nSPS) is 8.38. The Kier molecular flexibility index (Phi) is 6.28. The van der Waals surface area contributed by atoms with Crippen LogP contribution in [0.1, 0.15) is 22.8 Å². The van der Waals surface area contributed by atoms with Gasteiger partial charge in [-0.2, -0.15) is 0 Å². The molecule has 1 aromatic rings. The van der Waals surface area contributed by atoms with Crippen molar-refractivity contribution in [2.24, 2.45) is 0 Å². The summed E-state index contributed by atoms with van der Waals surface area (Å²) in [5.41, 5.74) is 1.32. The Balaban J connectivity index is 0.000000325. The summed E-state index contributed by atoms with van der Waals surface area (Å²) in [5.74, 6) is -1.20. The fraction of sp³-hybridized carbons (Fsp3) is 0.167. The van der Waals surface area contributed by atoms with E-state index in [1.165, 1.54) is 6.92 Å². The molecule has 0 fully saturated rings. The van der Waals surface area contributed by atoms with Crippen LogP contribution in [-0.4, -0.2) is 17.0 Å². The summed E-state index contributed by atoms with van der Waals surface area (Å²) in [4.78, 5) is 20.1. The number of ether oxygens (including phenoxy) is 1. The zero-order valence-corrected chi connectivity index (χ0v) is 9.27. The zero-order chi connectivity index (χ0) is 12.6. The zero-order valence-electron chi connectivity index (χ0n) is 9.27. The van der Waals surface area contributed by atoms with Crippen LogP contribution in [-0.2, 0) is 9.53 Å². The van der Waals surface area contributed by atoms with E-state index >= 15 is 0 Å². The fourth-order valence-electron chi connectivity index (χ4n) is 0.895. The lowest BCUT2D eigenvalue weighted by Gasteiger charge is -1.93. The van der Waals surface area contributed by atoms with Crippen molar-refractivity contribution in [3.05, 3.63) is 48.2 Å². The van der Waals surface area contributed by atoms with E-state index in [1.807, 2.05) is 13.0 Å². The molecular formula is C12H14O4. The highest BCUT2D eigenvalue weighted by atomic mass is 16.5. The number of hydrogen-bond donors (Lipinski definition) is 1. The number of carbonyl (C=O) groups is 2. The molecule has 0 saturated heterocycles. The van der Waals surface area contributed by atoms with Crippen molar-refractivity contribution in [3.8, 4) is 0 Å². The largest absolute Gasteiger partial charge is 0.478 e. The molecule has 1 rings (SSSR count). The van der Waals surface area contributed by atoms with Gasteiger partial charge in [-0.25, -0.2) is 4.79 Å². The summed E-state index contributed by atoms with van der Waals surface area (Å²) in [5, 5.41) is 8.51. The van der Waals surface area contributed by atoms with E-state index in [0.29, 0.717) is 5.56 Å². The van der Waals surface area contributed by atoms with Crippen LogP contribution in [0.25, 0.3) is 0 Å². The second-order valence-electron chi connectivity index (χ2n) is 2.95. The molecule has 0 spiro atoms. The third kappa shape index (κ3) is 6.37. The maximum absolute atomic E-state index is 10.4. The molecule has 0 aromatic heterocycles. The van der Waals surface area contributed by atoms with E-state index < -0.39 is 5.97 Å². The standard InChI is InChI=1S/C8H8O2.C4H6O2/c1-6-3-2-4-7(5-6)8(9)10;1-3-6-4(2)5/h2-5H,1H3,(H,9,10);3H,1H2,2H3. The third-order valence-corrected chi connectivity index (χ3v) is 1.51. The van der Waals surface area contributed by atoms with E-state index in [9.17, 15) is 9.59 Å². The minimum absolute atomic E-state index is 0.329. The number of aromatic carboxylic acids is 1. The van der Waals surface area contributed by atoms with Crippen LogP contribution >= 0.6 is 0 Å². The Morgan fingerprint density at radius 2 is 2.06 bits per heavy atom. The highest BCUT2D eigenvalue weighted by Gasteiger charge is 1.99. The number of carbonyl (C=O) groups excluding carboxylic acids is 1. The molecule has 0 heterocycles. The number of carboxylic acids is 1. The molecule has 0 aliphatic heterocycles. The van der Waals surface area contributed by atoms with Crippen LogP contribution in [0, 0.1) is 6.92 Å². The maximum atomic E-state index is 10.4. The number of rotatable bonds is 2. The van der Waals surface area contributed by atoms with Crippen LogP contribution in [0.3, 0.4) is 0 Å². The molecule has 0 amide bonds. The fourth-order valence-corrected chi connectivity index (χ4v) is 0.895. The number of carboxylic acid groups (broad SMARTS) is 1. The van der Waals surface area contributed by atoms with Crippen LogP contribution in [0.15, 0.2) is 37.1 Å². The van der Waals surface area contributed by atoms with Crippen molar-refractivity contribution in [3.63, 3.8) is 0 Å². The van der Waals surface area contributed by atoms with Crippen molar-refractivity contribution in [2.45, 2.75) is 13.8 Å². The first-order valence-electron chi connectivity index (χ1n) is 4.55. The first kappa shape index (κ1) is 13.9. The minimum atomic E-state index is -0.872. The highest BCUT2D eigenvalue weighted by Crippen LogP contribution is 2.02. The summed E-state index contributed by atoms with van der Waals surface area (Å²) in [7, 11) is 0. The van der Waals surface area contributed by atoms with E-state index in [0.717, 1.165) is 11.8 Å². The van der Waals surface area contributed by atoms with Gasteiger partial charge in [-0.05, 0) is 19.1 Å². The molecule has 4 heteroatoms. The lowest BCUT2D eigenvalue weighted by atomic mass is 10.1. The van der Waals surface area contributed by atoms with Crippen LogP contribution in [0.2, 0.25) is 0 Å². The lowest BCUT2D eigenvalue weighted by molar-refractivity contribution is -0.135. The summed E-state index contributed by atoms with van der Waals surface area (Å²) in [6, 6.07) is 6.82. The van der Waals surface area contributed by atoms with E-state index in [-0.39, 0.29) is 5.97 Å². The molecule has 86 valence electrons. The van der Waals surface area contributed by atoms with Gasteiger partial charge in [0, 0.05) is 6.92 Å². The number of hydrogen-bond acceptors (Lipinski definition) is 3. The van der Waals surface area contributed by atoms with Gasteiger partial charge in [0.05, 0.1) is 11.8 Å². The predicted octanol–water partition coefficient (Wildman–Crippen LogP) is 2.39. The van der Waals surface area contributed by atoms with Crippen molar-refractivity contribution in [1.29, 1.82) is 0 Å². The molecular weight excluding hydrogens is 208 g/mol. The van der Waals surface area contributed by atoms with Gasteiger partial charge in [0.25, 0.3) is 0 Å². The minimum Gasteiger partial charge on any atom is -0.478 e. The molecule has 1 N–H and O–H groups in total. The van der Waals surface area contributed by atoms with Crippen LogP contribution in [0.4, 0.5) is 0 Å². The maximum Gasteiger partial charge on any atom is 0.335 e. The second kappa shape index (κ2) is 7.23.